The molecule has 0 bridgehead atoms. The third-order valence-corrected chi connectivity index (χ3v) is 2.49. The molecule has 0 aliphatic carbocycles. The monoisotopic (exact) mass is 216 g/mol. The number of halogens is 1. The molecular formula is C9H9ClO2S. The van der Waals surface area contributed by atoms with Gasteiger partial charge < -0.3 is 4.74 Å². The lowest BCUT2D eigenvalue weighted by Crippen LogP contribution is -2.05. The zero-order chi connectivity index (χ0) is 9.68. The summed E-state index contributed by atoms with van der Waals surface area (Å²) in [7, 11) is 6.61. The molecule has 0 radical (unpaired) electrons. The Morgan fingerprint density at radius 3 is 2.85 bits per heavy atom. The third-order valence-electron chi connectivity index (χ3n) is 1.47. The molecule has 0 heterocycles. The molecule has 13 heavy (non-hydrogen) atoms. The maximum atomic E-state index is 11.3. The number of esters is 1. The van der Waals surface area contributed by atoms with Crippen LogP contribution in [-0.4, -0.2) is 12.6 Å². The van der Waals surface area contributed by atoms with Crippen molar-refractivity contribution in [2.24, 2.45) is 0 Å². The second-order valence-electron chi connectivity index (χ2n) is 2.29. The first-order valence-corrected chi connectivity index (χ1v) is 5.48. The van der Waals surface area contributed by atoms with Crippen molar-refractivity contribution >= 4 is 27.6 Å². The Hall–Kier alpha value is -0.670. The van der Waals surface area contributed by atoms with Crippen molar-refractivity contribution in [2.75, 3.05) is 6.61 Å². The van der Waals surface area contributed by atoms with Crippen LogP contribution in [0, 0.1) is 0 Å². The van der Waals surface area contributed by atoms with Gasteiger partial charge >= 0.3 is 5.97 Å². The van der Waals surface area contributed by atoms with Gasteiger partial charge in [-0.2, -0.15) is 0 Å². The normalized spacial score (nSPS) is 9.69. The summed E-state index contributed by atoms with van der Waals surface area (Å²) in [5.74, 6) is -0.328. The molecular weight excluding hydrogens is 208 g/mol. The number of carbonyl (C=O) groups is 1. The number of benzene rings is 1. The second kappa shape index (κ2) is 5.14. The number of hydrogen-bond donors (Lipinski definition) is 0. The Labute approximate surface area is 85.7 Å². The van der Waals surface area contributed by atoms with Gasteiger partial charge in [-0.25, -0.2) is 4.79 Å². The van der Waals surface area contributed by atoms with Gasteiger partial charge in [-0.3, -0.25) is 0 Å². The largest absolute Gasteiger partial charge is 0.462 e. The highest BCUT2D eigenvalue weighted by Gasteiger charge is 2.10. The summed E-state index contributed by atoms with van der Waals surface area (Å²) in [5, 5.41) is 0. The molecule has 1 aromatic rings. The first-order chi connectivity index (χ1) is 6.29. The number of rotatable bonds is 3. The minimum atomic E-state index is -0.328. The van der Waals surface area contributed by atoms with Crippen molar-refractivity contribution < 1.29 is 9.53 Å². The van der Waals surface area contributed by atoms with Gasteiger partial charge in [-0.05, 0) is 40.7 Å². The van der Waals surface area contributed by atoms with E-state index in [1.165, 1.54) is 0 Å². The van der Waals surface area contributed by atoms with Gasteiger partial charge in [0, 0.05) is 4.90 Å². The molecule has 0 aromatic heterocycles. The molecule has 0 saturated carbocycles. The summed E-state index contributed by atoms with van der Waals surface area (Å²) in [4.78, 5) is 12.1. The SMILES string of the molecule is CCOC(=O)c1ccccc1SCl. The van der Waals surface area contributed by atoms with E-state index in [1.807, 2.05) is 6.07 Å². The lowest BCUT2D eigenvalue weighted by Gasteiger charge is -2.04. The van der Waals surface area contributed by atoms with Gasteiger partial charge in [0.25, 0.3) is 0 Å². The van der Waals surface area contributed by atoms with Crippen LogP contribution in [0.25, 0.3) is 0 Å². The molecule has 0 saturated heterocycles. The Morgan fingerprint density at radius 2 is 2.23 bits per heavy atom. The quantitative estimate of drug-likeness (QED) is 0.727. The van der Waals surface area contributed by atoms with E-state index in [1.54, 1.807) is 25.1 Å². The van der Waals surface area contributed by atoms with E-state index in [-0.39, 0.29) is 5.97 Å². The lowest BCUT2D eigenvalue weighted by atomic mass is 10.2. The third kappa shape index (κ3) is 2.64. The lowest BCUT2D eigenvalue weighted by molar-refractivity contribution is 0.0522. The van der Waals surface area contributed by atoms with Gasteiger partial charge in [0.05, 0.1) is 12.2 Å². The van der Waals surface area contributed by atoms with Gasteiger partial charge in [0.2, 0.25) is 0 Å². The molecule has 1 rings (SSSR count). The highest BCUT2D eigenvalue weighted by molar-refractivity contribution is 8.21. The van der Waals surface area contributed by atoms with Crippen LogP contribution < -0.4 is 0 Å². The first kappa shape index (κ1) is 10.4. The van der Waals surface area contributed by atoms with Gasteiger partial charge in [0.1, 0.15) is 0 Å². The Bertz CT molecular complexity index is 301. The molecule has 0 aliphatic rings. The summed E-state index contributed by atoms with van der Waals surface area (Å²) in [6.07, 6.45) is 0. The Balaban J connectivity index is 2.92. The highest BCUT2D eigenvalue weighted by atomic mass is 35.7. The van der Waals surface area contributed by atoms with Crippen LogP contribution in [0.4, 0.5) is 0 Å². The van der Waals surface area contributed by atoms with Crippen LogP contribution in [0.1, 0.15) is 17.3 Å². The average Bonchev–Trinajstić information content (AvgIpc) is 2.18. The molecule has 2 nitrogen and oxygen atoms in total. The maximum Gasteiger partial charge on any atom is 0.339 e. The van der Waals surface area contributed by atoms with Crippen molar-refractivity contribution in [3.05, 3.63) is 29.8 Å². The summed E-state index contributed by atoms with van der Waals surface area (Å²) < 4.78 is 4.86. The average molecular weight is 217 g/mol. The molecule has 0 fully saturated rings. The van der Waals surface area contributed by atoms with Crippen molar-refractivity contribution in [1.82, 2.24) is 0 Å². The zero-order valence-corrected chi connectivity index (χ0v) is 8.69. The fraction of sp³-hybridized carbons (Fsp3) is 0.222. The molecule has 70 valence electrons. The predicted octanol–water partition coefficient (Wildman–Crippen LogP) is 3.11. The Kier molecular flexibility index (Phi) is 4.12. The zero-order valence-electron chi connectivity index (χ0n) is 7.12. The molecule has 0 N–H and O–H groups in total. The summed E-state index contributed by atoms with van der Waals surface area (Å²) in [5.41, 5.74) is 0.518. The second-order valence-corrected chi connectivity index (χ2v) is 3.35. The smallest absolute Gasteiger partial charge is 0.339 e. The van der Waals surface area contributed by atoms with E-state index in [9.17, 15) is 4.79 Å². The van der Waals surface area contributed by atoms with E-state index >= 15 is 0 Å². The van der Waals surface area contributed by atoms with Gasteiger partial charge in [0.15, 0.2) is 0 Å². The van der Waals surface area contributed by atoms with Gasteiger partial charge in [-0.1, -0.05) is 12.1 Å². The molecule has 0 unspecified atom stereocenters. The van der Waals surface area contributed by atoms with Crippen LogP contribution in [0.3, 0.4) is 0 Å². The van der Waals surface area contributed by atoms with E-state index in [0.717, 1.165) is 15.9 Å². The molecule has 0 atom stereocenters. The molecule has 0 spiro atoms. The first-order valence-electron chi connectivity index (χ1n) is 3.84. The van der Waals surface area contributed by atoms with E-state index < -0.39 is 0 Å². The van der Waals surface area contributed by atoms with Crippen LogP contribution in [0.15, 0.2) is 29.2 Å². The standard InChI is InChI=1S/C9H9ClO2S/c1-2-12-9(11)7-5-3-4-6-8(7)13-10/h3-6H,2H2,1H3. The van der Waals surface area contributed by atoms with Gasteiger partial charge in [-0.15, -0.1) is 0 Å². The van der Waals surface area contributed by atoms with E-state index in [2.05, 4.69) is 0 Å². The molecule has 0 amide bonds. The minimum Gasteiger partial charge on any atom is -0.462 e. The predicted molar refractivity (Wildman–Crippen MR) is 54.1 cm³/mol. The van der Waals surface area contributed by atoms with Crippen molar-refractivity contribution in [2.45, 2.75) is 11.8 Å². The number of hydrogen-bond acceptors (Lipinski definition) is 3. The molecule has 0 aliphatic heterocycles. The van der Waals surface area contributed by atoms with Crippen LogP contribution >= 0.6 is 21.7 Å². The van der Waals surface area contributed by atoms with Crippen LogP contribution in [0.2, 0.25) is 0 Å². The van der Waals surface area contributed by atoms with Crippen LogP contribution in [-0.2, 0) is 4.74 Å². The topological polar surface area (TPSA) is 26.3 Å². The maximum absolute atomic E-state index is 11.3. The fourth-order valence-corrected chi connectivity index (χ4v) is 1.68. The molecule has 1 aromatic carbocycles. The van der Waals surface area contributed by atoms with E-state index in [0.29, 0.717) is 12.2 Å². The summed E-state index contributed by atoms with van der Waals surface area (Å²) >= 11 is 0. The van der Waals surface area contributed by atoms with E-state index in [4.69, 9.17) is 15.4 Å². The minimum absolute atomic E-state index is 0.328. The number of ether oxygens (including phenoxy) is 1. The van der Waals surface area contributed by atoms with Crippen molar-refractivity contribution in [1.29, 1.82) is 0 Å². The fourth-order valence-electron chi connectivity index (χ4n) is 0.911. The highest BCUT2D eigenvalue weighted by Crippen LogP contribution is 2.26. The number of carbonyl (C=O) groups excluding carboxylic acids is 1. The summed E-state index contributed by atoms with van der Waals surface area (Å²) in [6, 6.07) is 7.09. The van der Waals surface area contributed by atoms with Crippen molar-refractivity contribution in [3.8, 4) is 0 Å². The van der Waals surface area contributed by atoms with Crippen LogP contribution in [0.5, 0.6) is 0 Å². The summed E-state index contributed by atoms with van der Waals surface area (Å²) in [6.45, 7) is 2.15. The molecule has 4 heteroatoms. The Morgan fingerprint density at radius 1 is 1.54 bits per heavy atom. The van der Waals surface area contributed by atoms with Crippen molar-refractivity contribution in [3.63, 3.8) is 0 Å².